The molecule has 1 unspecified atom stereocenters. The maximum Gasteiger partial charge on any atom is 0.253 e. The van der Waals surface area contributed by atoms with Crippen LogP contribution in [0.5, 0.6) is 0 Å². The Kier molecular flexibility index (Phi) is 5.95. The lowest BCUT2D eigenvalue weighted by Crippen LogP contribution is -2.42. The summed E-state index contributed by atoms with van der Waals surface area (Å²) in [5, 5.41) is 3.09. The molecule has 1 aromatic rings. The molecule has 1 atom stereocenters. The molecule has 1 aromatic heterocycles. The van der Waals surface area contributed by atoms with E-state index >= 15 is 0 Å². The number of carbonyl (C=O) groups is 1. The molecule has 0 spiro atoms. The molecule has 5 nitrogen and oxygen atoms in total. The first-order valence-electron chi connectivity index (χ1n) is 6.97. The maximum atomic E-state index is 12.4. The Labute approximate surface area is 121 Å². The standard InChI is InChI=1S/C15H26N4O/c1-10(2)6-13(9-19(4)5)18-15(20)14-7-12(16)8-17-11(14)3/h7-8,10,13H,6,9,16H2,1-5H3,(H,18,20). The smallest absolute Gasteiger partial charge is 0.253 e. The van der Waals surface area contributed by atoms with E-state index in [9.17, 15) is 4.79 Å². The minimum Gasteiger partial charge on any atom is -0.397 e. The number of aromatic nitrogens is 1. The molecule has 112 valence electrons. The maximum absolute atomic E-state index is 12.4. The second kappa shape index (κ2) is 7.24. The van der Waals surface area contributed by atoms with Gasteiger partial charge < -0.3 is 16.0 Å². The number of hydrogen-bond acceptors (Lipinski definition) is 4. The van der Waals surface area contributed by atoms with Crippen molar-refractivity contribution in [2.24, 2.45) is 5.92 Å². The monoisotopic (exact) mass is 278 g/mol. The molecule has 3 N–H and O–H groups in total. The van der Waals surface area contributed by atoms with Gasteiger partial charge in [0.25, 0.3) is 5.91 Å². The Morgan fingerprint density at radius 2 is 2.10 bits per heavy atom. The zero-order chi connectivity index (χ0) is 15.3. The van der Waals surface area contributed by atoms with Crippen molar-refractivity contribution < 1.29 is 4.79 Å². The Hall–Kier alpha value is -1.62. The lowest BCUT2D eigenvalue weighted by molar-refractivity contribution is 0.0923. The molecule has 0 aromatic carbocycles. The third kappa shape index (κ3) is 5.17. The Balaban J connectivity index is 2.81. The summed E-state index contributed by atoms with van der Waals surface area (Å²) in [4.78, 5) is 18.6. The molecule has 0 saturated carbocycles. The van der Waals surface area contributed by atoms with Crippen LogP contribution in [0.15, 0.2) is 12.3 Å². The molecule has 0 fully saturated rings. The average molecular weight is 278 g/mol. The predicted molar refractivity (Wildman–Crippen MR) is 82.6 cm³/mol. The first kappa shape index (κ1) is 16.4. The van der Waals surface area contributed by atoms with Crippen molar-refractivity contribution in [2.75, 3.05) is 26.4 Å². The van der Waals surface area contributed by atoms with E-state index in [0.717, 1.165) is 13.0 Å². The number of likely N-dealkylation sites (N-methyl/N-ethyl adjacent to an activating group) is 1. The van der Waals surface area contributed by atoms with E-state index in [1.807, 2.05) is 21.0 Å². The normalized spacial score (nSPS) is 12.8. The molecule has 1 heterocycles. The topological polar surface area (TPSA) is 71.2 Å². The Bertz CT molecular complexity index is 447. The molecule has 20 heavy (non-hydrogen) atoms. The van der Waals surface area contributed by atoms with Crippen molar-refractivity contribution in [1.82, 2.24) is 15.2 Å². The van der Waals surface area contributed by atoms with Crippen molar-refractivity contribution in [1.29, 1.82) is 0 Å². The van der Waals surface area contributed by atoms with Gasteiger partial charge in [0.1, 0.15) is 0 Å². The fraction of sp³-hybridized carbons (Fsp3) is 0.600. The summed E-state index contributed by atoms with van der Waals surface area (Å²) in [5.41, 5.74) is 7.47. The van der Waals surface area contributed by atoms with Crippen molar-refractivity contribution in [3.63, 3.8) is 0 Å². The van der Waals surface area contributed by atoms with Crippen molar-refractivity contribution >= 4 is 11.6 Å². The summed E-state index contributed by atoms with van der Waals surface area (Å²) in [6.07, 6.45) is 2.51. The van der Waals surface area contributed by atoms with Gasteiger partial charge in [0.15, 0.2) is 0 Å². The van der Waals surface area contributed by atoms with Crippen LogP contribution in [0, 0.1) is 12.8 Å². The number of nitrogens with one attached hydrogen (secondary N) is 1. The first-order chi connectivity index (χ1) is 9.29. The van der Waals surface area contributed by atoms with E-state index in [1.54, 1.807) is 12.3 Å². The highest BCUT2D eigenvalue weighted by Gasteiger charge is 2.17. The molecular formula is C15H26N4O. The van der Waals surface area contributed by atoms with E-state index in [1.165, 1.54) is 0 Å². The van der Waals surface area contributed by atoms with Crippen LogP contribution in [0.25, 0.3) is 0 Å². The second-order valence-electron chi connectivity index (χ2n) is 5.96. The molecular weight excluding hydrogens is 252 g/mol. The van der Waals surface area contributed by atoms with Gasteiger partial charge in [-0.1, -0.05) is 13.8 Å². The number of anilines is 1. The molecule has 0 aliphatic carbocycles. The van der Waals surface area contributed by atoms with Crippen LogP contribution in [0.4, 0.5) is 5.69 Å². The van der Waals surface area contributed by atoms with E-state index in [2.05, 4.69) is 29.0 Å². The zero-order valence-corrected chi connectivity index (χ0v) is 13.1. The number of nitrogen functional groups attached to an aromatic ring is 1. The van der Waals surface area contributed by atoms with Crippen molar-refractivity contribution in [2.45, 2.75) is 33.2 Å². The molecule has 0 bridgehead atoms. The Morgan fingerprint density at radius 3 is 2.65 bits per heavy atom. The second-order valence-corrected chi connectivity index (χ2v) is 5.96. The fourth-order valence-corrected chi connectivity index (χ4v) is 2.23. The number of nitrogens with zero attached hydrogens (tertiary/aromatic N) is 2. The van der Waals surface area contributed by atoms with E-state index in [-0.39, 0.29) is 11.9 Å². The van der Waals surface area contributed by atoms with Crippen LogP contribution in [-0.4, -0.2) is 42.5 Å². The third-order valence-electron chi connectivity index (χ3n) is 3.03. The van der Waals surface area contributed by atoms with Gasteiger partial charge in [0.05, 0.1) is 23.1 Å². The summed E-state index contributed by atoms with van der Waals surface area (Å²) in [5.74, 6) is 0.426. The summed E-state index contributed by atoms with van der Waals surface area (Å²) < 4.78 is 0. The average Bonchev–Trinajstić information content (AvgIpc) is 2.30. The predicted octanol–water partition coefficient (Wildman–Crippen LogP) is 1.68. The Morgan fingerprint density at radius 1 is 1.45 bits per heavy atom. The lowest BCUT2D eigenvalue weighted by Gasteiger charge is -2.24. The molecule has 0 radical (unpaired) electrons. The number of rotatable bonds is 6. The van der Waals surface area contributed by atoms with Crippen LogP contribution in [0.1, 0.15) is 36.3 Å². The minimum atomic E-state index is -0.102. The fourth-order valence-electron chi connectivity index (χ4n) is 2.23. The lowest BCUT2D eigenvalue weighted by atomic mass is 10.0. The van der Waals surface area contributed by atoms with Crippen LogP contribution in [-0.2, 0) is 0 Å². The van der Waals surface area contributed by atoms with Gasteiger partial charge >= 0.3 is 0 Å². The van der Waals surface area contributed by atoms with E-state index in [4.69, 9.17) is 5.73 Å². The molecule has 0 aliphatic rings. The molecule has 1 amide bonds. The summed E-state index contributed by atoms with van der Waals surface area (Å²) >= 11 is 0. The third-order valence-corrected chi connectivity index (χ3v) is 3.03. The minimum absolute atomic E-state index is 0.102. The summed E-state index contributed by atoms with van der Waals surface area (Å²) in [7, 11) is 4.01. The van der Waals surface area contributed by atoms with E-state index in [0.29, 0.717) is 22.9 Å². The summed E-state index contributed by atoms with van der Waals surface area (Å²) in [6, 6.07) is 1.80. The van der Waals surface area contributed by atoms with Gasteiger partial charge in [0.2, 0.25) is 0 Å². The highest BCUT2D eigenvalue weighted by Crippen LogP contribution is 2.11. The first-order valence-corrected chi connectivity index (χ1v) is 6.97. The van der Waals surface area contributed by atoms with Crippen LogP contribution in [0.3, 0.4) is 0 Å². The number of hydrogen-bond donors (Lipinski definition) is 2. The van der Waals surface area contributed by atoms with Crippen LogP contribution < -0.4 is 11.1 Å². The van der Waals surface area contributed by atoms with Gasteiger partial charge in [-0.2, -0.15) is 0 Å². The van der Waals surface area contributed by atoms with Crippen LogP contribution in [0.2, 0.25) is 0 Å². The number of amides is 1. The van der Waals surface area contributed by atoms with Gasteiger partial charge in [-0.25, -0.2) is 0 Å². The highest BCUT2D eigenvalue weighted by molar-refractivity contribution is 5.96. The highest BCUT2D eigenvalue weighted by atomic mass is 16.1. The van der Waals surface area contributed by atoms with Gasteiger partial charge in [-0.3, -0.25) is 9.78 Å². The SMILES string of the molecule is Cc1ncc(N)cc1C(=O)NC(CC(C)C)CN(C)C. The van der Waals surface area contributed by atoms with Gasteiger partial charge in [-0.05, 0) is 39.4 Å². The van der Waals surface area contributed by atoms with Crippen molar-refractivity contribution in [3.05, 3.63) is 23.5 Å². The summed E-state index contributed by atoms with van der Waals surface area (Å²) in [6.45, 7) is 6.95. The number of aryl methyl sites for hydroxylation is 1. The van der Waals surface area contributed by atoms with E-state index < -0.39 is 0 Å². The van der Waals surface area contributed by atoms with Gasteiger partial charge in [0, 0.05) is 12.6 Å². The molecule has 0 aliphatic heterocycles. The molecule has 1 rings (SSSR count). The van der Waals surface area contributed by atoms with Crippen molar-refractivity contribution in [3.8, 4) is 0 Å². The van der Waals surface area contributed by atoms with Gasteiger partial charge in [-0.15, -0.1) is 0 Å². The molecule has 0 saturated heterocycles. The number of pyridine rings is 1. The number of carbonyl (C=O) groups excluding carboxylic acids is 1. The molecule has 5 heteroatoms. The largest absolute Gasteiger partial charge is 0.397 e. The zero-order valence-electron chi connectivity index (χ0n) is 13.1. The quantitative estimate of drug-likeness (QED) is 0.830. The number of nitrogens with two attached hydrogens (primary N) is 1. The van der Waals surface area contributed by atoms with Crippen LogP contribution >= 0.6 is 0 Å².